The molecule has 1 aromatic carbocycles. The van der Waals surface area contributed by atoms with E-state index in [0.29, 0.717) is 18.4 Å². The Morgan fingerprint density at radius 3 is 2.64 bits per heavy atom. The number of para-hydroxylation sites is 1. The van der Waals surface area contributed by atoms with Crippen LogP contribution in [0.25, 0.3) is 0 Å². The number of carbonyl (C=O) groups is 1. The molecule has 1 aromatic rings. The van der Waals surface area contributed by atoms with Gasteiger partial charge >= 0.3 is 6.03 Å². The largest absolute Gasteiger partial charge is 0.394 e. The van der Waals surface area contributed by atoms with Crippen LogP contribution < -0.4 is 5.32 Å². The lowest BCUT2D eigenvalue weighted by Crippen LogP contribution is -2.47. The third kappa shape index (κ3) is 4.32. The number of morpholine rings is 1. The molecule has 0 bridgehead atoms. The van der Waals surface area contributed by atoms with E-state index in [1.165, 1.54) is 0 Å². The standard InChI is InChI=1S/C19H29N3O3/c1-2-15-12-22(19(24)20-16-6-4-3-5-7-16)18(14-23)17(15)13-21-8-10-25-11-9-21/h3-7,15,17-18,23H,2,8-14H2,1H3,(H,20,24)/t15-,17-,18-/m1/s1. The third-order valence-electron chi connectivity index (χ3n) is 5.50. The van der Waals surface area contributed by atoms with Crippen molar-refractivity contribution in [1.82, 2.24) is 9.80 Å². The number of aliphatic hydroxyl groups is 1. The van der Waals surface area contributed by atoms with E-state index in [4.69, 9.17) is 4.74 Å². The summed E-state index contributed by atoms with van der Waals surface area (Å²) in [4.78, 5) is 17.0. The summed E-state index contributed by atoms with van der Waals surface area (Å²) in [7, 11) is 0. The molecule has 6 nitrogen and oxygen atoms in total. The summed E-state index contributed by atoms with van der Waals surface area (Å²) in [5.41, 5.74) is 0.786. The maximum atomic E-state index is 12.8. The molecule has 0 aliphatic carbocycles. The van der Waals surface area contributed by atoms with Crippen molar-refractivity contribution in [3.63, 3.8) is 0 Å². The molecule has 0 spiro atoms. The Labute approximate surface area is 149 Å². The molecule has 3 atom stereocenters. The number of nitrogens with zero attached hydrogens (tertiary/aromatic N) is 2. The lowest BCUT2D eigenvalue weighted by atomic mass is 9.88. The Kier molecular flexibility index (Phi) is 6.29. The highest BCUT2D eigenvalue weighted by atomic mass is 16.5. The SMILES string of the molecule is CC[C@@H]1CN(C(=O)Nc2ccccc2)[C@H](CO)[C@@H]1CN1CCOCC1. The zero-order valence-electron chi connectivity index (χ0n) is 14.9. The van der Waals surface area contributed by atoms with Gasteiger partial charge in [-0.05, 0) is 24.0 Å². The molecule has 0 aromatic heterocycles. The van der Waals surface area contributed by atoms with Crippen LogP contribution >= 0.6 is 0 Å². The summed E-state index contributed by atoms with van der Waals surface area (Å²) in [6.45, 7) is 7.20. The molecule has 2 N–H and O–H groups in total. The minimum atomic E-state index is -0.128. The number of amides is 2. The van der Waals surface area contributed by atoms with Gasteiger partial charge in [-0.3, -0.25) is 4.90 Å². The molecule has 0 saturated carbocycles. The predicted octanol–water partition coefficient (Wildman–Crippen LogP) is 1.87. The fourth-order valence-corrected chi connectivity index (χ4v) is 4.04. The number of aliphatic hydroxyl groups excluding tert-OH is 1. The summed E-state index contributed by atoms with van der Waals surface area (Å²) in [6.07, 6.45) is 1.01. The number of likely N-dealkylation sites (tertiary alicyclic amines) is 1. The monoisotopic (exact) mass is 347 g/mol. The minimum absolute atomic E-state index is 0.00766. The van der Waals surface area contributed by atoms with Crippen LogP contribution in [-0.2, 0) is 4.74 Å². The average molecular weight is 347 g/mol. The summed E-state index contributed by atoms with van der Waals surface area (Å²) in [5, 5.41) is 13.0. The summed E-state index contributed by atoms with van der Waals surface area (Å²) >= 11 is 0. The van der Waals surface area contributed by atoms with Gasteiger partial charge in [0.1, 0.15) is 0 Å². The van der Waals surface area contributed by atoms with E-state index >= 15 is 0 Å². The Bertz CT molecular complexity index is 548. The number of ether oxygens (including phenoxy) is 1. The van der Waals surface area contributed by atoms with Gasteiger partial charge in [-0.1, -0.05) is 31.5 Å². The second-order valence-corrected chi connectivity index (χ2v) is 6.94. The van der Waals surface area contributed by atoms with Crippen molar-refractivity contribution in [2.45, 2.75) is 19.4 Å². The zero-order valence-corrected chi connectivity index (χ0v) is 14.9. The summed E-state index contributed by atoms with van der Waals surface area (Å²) < 4.78 is 5.43. The highest BCUT2D eigenvalue weighted by molar-refractivity contribution is 5.89. The molecule has 0 radical (unpaired) electrons. The molecular formula is C19H29N3O3. The van der Waals surface area contributed by atoms with Crippen molar-refractivity contribution in [2.24, 2.45) is 11.8 Å². The molecule has 25 heavy (non-hydrogen) atoms. The normalized spacial score (nSPS) is 27.4. The molecular weight excluding hydrogens is 318 g/mol. The van der Waals surface area contributed by atoms with Gasteiger partial charge in [-0.2, -0.15) is 0 Å². The predicted molar refractivity (Wildman–Crippen MR) is 97.6 cm³/mol. The molecule has 3 rings (SSSR count). The number of urea groups is 1. The van der Waals surface area contributed by atoms with Gasteiger partial charge in [0, 0.05) is 31.9 Å². The van der Waals surface area contributed by atoms with Gasteiger partial charge < -0.3 is 20.1 Å². The molecule has 138 valence electrons. The van der Waals surface area contributed by atoms with Crippen molar-refractivity contribution in [3.8, 4) is 0 Å². The molecule has 2 saturated heterocycles. The number of benzene rings is 1. The summed E-state index contributed by atoms with van der Waals surface area (Å²) in [5.74, 6) is 0.719. The number of hydrogen-bond donors (Lipinski definition) is 2. The van der Waals surface area contributed by atoms with E-state index in [9.17, 15) is 9.90 Å². The van der Waals surface area contributed by atoms with Gasteiger partial charge in [-0.15, -0.1) is 0 Å². The van der Waals surface area contributed by atoms with Gasteiger partial charge in [0.05, 0.1) is 25.9 Å². The molecule has 2 fully saturated rings. The average Bonchev–Trinajstić information content (AvgIpc) is 3.01. The van der Waals surface area contributed by atoms with E-state index in [0.717, 1.165) is 45.0 Å². The van der Waals surface area contributed by atoms with Crippen LogP contribution in [-0.4, -0.2) is 73.0 Å². The first kappa shape index (κ1) is 18.2. The van der Waals surface area contributed by atoms with Crippen molar-refractivity contribution >= 4 is 11.7 Å². The highest BCUT2D eigenvalue weighted by Gasteiger charge is 2.43. The van der Waals surface area contributed by atoms with Crippen LogP contribution in [0.4, 0.5) is 10.5 Å². The first-order chi connectivity index (χ1) is 12.2. The van der Waals surface area contributed by atoms with Crippen molar-refractivity contribution in [1.29, 1.82) is 0 Å². The number of hydrogen-bond acceptors (Lipinski definition) is 4. The first-order valence-electron chi connectivity index (χ1n) is 9.26. The second kappa shape index (κ2) is 8.65. The molecule has 2 aliphatic heterocycles. The lowest BCUT2D eigenvalue weighted by Gasteiger charge is -2.33. The topological polar surface area (TPSA) is 65.0 Å². The van der Waals surface area contributed by atoms with Gasteiger partial charge in [0.15, 0.2) is 0 Å². The molecule has 2 amide bonds. The molecule has 6 heteroatoms. The molecule has 2 heterocycles. The third-order valence-corrected chi connectivity index (χ3v) is 5.50. The van der Waals surface area contributed by atoms with E-state index in [1.54, 1.807) is 0 Å². The van der Waals surface area contributed by atoms with Gasteiger partial charge in [0.25, 0.3) is 0 Å². The fourth-order valence-electron chi connectivity index (χ4n) is 4.04. The van der Waals surface area contributed by atoms with Crippen molar-refractivity contribution < 1.29 is 14.6 Å². The highest BCUT2D eigenvalue weighted by Crippen LogP contribution is 2.33. The minimum Gasteiger partial charge on any atom is -0.394 e. The van der Waals surface area contributed by atoms with Crippen LogP contribution in [0.5, 0.6) is 0 Å². The van der Waals surface area contributed by atoms with Crippen molar-refractivity contribution in [2.75, 3.05) is 51.3 Å². The zero-order chi connectivity index (χ0) is 17.6. The Morgan fingerprint density at radius 2 is 2.00 bits per heavy atom. The Balaban J connectivity index is 1.68. The van der Waals surface area contributed by atoms with E-state index in [-0.39, 0.29) is 18.7 Å². The number of carbonyl (C=O) groups excluding carboxylic acids is 1. The van der Waals surface area contributed by atoms with Crippen LogP contribution in [0.1, 0.15) is 13.3 Å². The first-order valence-corrected chi connectivity index (χ1v) is 9.26. The quantitative estimate of drug-likeness (QED) is 0.853. The van der Waals surface area contributed by atoms with Crippen LogP contribution in [0.3, 0.4) is 0 Å². The smallest absolute Gasteiger partial charge is 0.322 e. The van der Waals surface area contributed by atoms with Crippen LogP contribution in [0, 0.1) is 11.8 Å². The fraction of sp³-hybridized carbons (Fsp3) is 0.632. The van der Waals surface area contributed by atoms with Gasteiger partial charge in [0.2, 0.25) is 0 Å². The number of rotatable bonds is 5. The lowest BCUT2D eigenvalue weighted by molar-refractivity contribution is 0.0222. The maximum absolute atomic E-state index is 12.8. The Hall–Kier alpha value is -1.63. The second-order valence-electron chi connectivity index (χ2n) is 6.94. The molecule has 0 unspecified atom stereocenters. The van der Waals surface area contributed by atoms with E-state index < -0.39 is 0 Å². The van der Waals surface area contributed by atoms with Crippen molar-refractivity contribution in [3.05, 3.63) is 30.3 Å². The number of anilines is 1. The maximum Gasteiger partial charge on any atom is 0.322 e. The Morgan fingerprint density at radius 1 is 1.28 bits per heavy atom. The van der Waals surface area contributed by atoms with E-state index in [2.05, 4.69) is 17.1 Å². The van der Waals surface area contributed by atoms with Gasteiger partial charge in [-0.25, -0.2) is 4.79 Å². The summed E-state index contributed by atoms with van der Waals surface area (Å²) in [6, 6.07) is 9.24. The van der Waals surface area contributed by atoms with Crippen LogP contribution in [0.15, 0.2) is 30.3 Å². The number of nitrogens with one attached hydrogen (secondary N) is 1. The van der Waals surface area contributed by atoms with E-state index in [1.807, 2.05) is 35.2 Å². The van der Waals surface area contributed by atoms with Crippen LogP contribution in [0.2, 0.25) is 0 Å². The molecule has 2 aliphatic rings.